The molecule has 1 aromatic rings. The quantitative estimate of drug-likeness (QED) is 0.372. The van der Waals surface area contributed by atoms with E-state index in [1.165, 1.54) is 48.6 Å². The van der Waals surface area contributed by atoms with Gasteiger partial charge in [0.2, 0.25) is 0 Å². The maximum Gasteiger partial charge on any atom is 0.151 e. The highest BCUT2D eigenvalue weighted by atomic mass is 79.9. The lowest BCUT2D eigenvalue weighted by atomic mass is 9.71. The Kier molecular flexibility index (Phi) is 6.86. The highest BCUT2D eigenvalue weighted by Crippen LogP contribution is 2.49. The summed E-state index contributed by atoms with van der Waals surface area (Å²) in [5.74, 6) is 2.57. The van der Waals surface area contributed by atoms with Gasteiger partial charge in [0.05, 0.1) is 0 Å². The lowest BCUT2D eigenvalue weighted by Gasteiger charge is -2.44. The first kappa shape index (κ1) is 21.8. The molecule has 0 unspecified atom stereocenters. The Morgan fingerprint density at radius 2 is 2.07 bits per heavy atom. The van der Waals surface area contributed by atoms with Crippen molar-refractivity contribution in [1.29, 1.82) is 5.41 Å². The molecule has 1 aromatic carbocycles. The molecule has 3 nitrogen and oxygen atoms in total. The van der Waals surface area contributed by atoms with E-state index in [4.69, 9.17) is 15.9 Å². The van der Waals surface area contributed by atoms with E-state index in [1.54, 1.807) is 0 Å². The molecule has 1 fully saturated rings. The number of rotatable bonds is 4. The first-order valence-electron chi connectivity index (χ1n) is 10.3. The first-order chi connectivity index (χ1) is 13.2. The van der Waals surface area contributed by atoms with Gasteiger partial charge in [0.15, 0.2) is 5.17 Å². The van der Waals surface area contributed by atoms with Crippen LogP contribution in [0, 0.1) is 16.7 Å². The Balaban J connectivity index is 1.73. The molecular weight excluding hydrogens is 432 g/mol. The molecule has 3 N–H and O–H groups in total. The molecule has 0 saturated heterocycles. The van der Waals surface area contributed by atoms with Crippen LogP contribution in [0.3, 0.4) is 0 Å². The summed E-state index contributed by atoms with van der Waals surface area (Å²) in [7, 11) is 0. The van der Waals surface area contributed by atoms with Crippen molar-refractivity contribution in [3.8, 4) is 5.75 Å². The number of ether oxygens (including phenoxy) is 1. The van der Waals surface area contributed by atoms with Gasteiger partial charge in [-0.2, -0.15) is 0 Å². The molecule has 154 valence electrons. The van der Waals surface area contributed by atoms with E-state index >= 15 is 0 Å². The minimum absolute atomic E-state index is 0.0637. The lowest BCUT2D eigenvalue weighted by molar-refractivity contribution is 0.0120. The normalized spacial score (nSPS) is 26.1. The zero-order valence-corrected chi connectivity index (χ0v) is 19.7. The van der Waals surface area contributed by atoms with Crippen LogP contribution in [0.15, 0.2) is 28.7 Å². The fourth-order valence-corrected chi connectivity index (χ4v) is 5.20. The number of nitrogens with one attached hydrogen (secondary N) is 1. The molecule has 2 aliphatic rings. The minimum atomic E-state index is -0.0637. The third-order valence-electron chi connectivity index (χ3n) is 6.01. The summed E-state index contributed by atoms with van der Waals surface area (Å²) in [5.41, 5.74) is 8.40. The van der Waals surface area contributed by atoms with Gasteiger partial charge in [0.1, 0.15) is 11.4 Å². The van der Waals surface area contributed by atoms with Gasteiger partial charge in [-0.1, -0.05) is 54.5 Å². The van der Waals surface area contributed by atoms with Crippen LogP contribution in [0.2, 0.25) is 0 Å². The van der Waals surface area contributed by atoms with Crippen molar-refractivity contribution in [2.75, 3.05) is 5.75 Å². The molecule has 0 atom stereocenters. The predicted molar refractivity (Wildman–Crippen MR) is 125 cm³/mol. The predicted octanol–water partition coefficient (Wildman–Crippen LogP) is 7.00. The van der Waals surface area contributed by atoms with E-state index in [-0.39, 0.29) is 10.8 Å². The monoisotopic (exact) mass is 464 g/mol. The second kappa shape index (κ2) is 8.83. The summed E-state index contributed by atoms with van der Waals surface area (Å²) < 4.78 is 7.70. The fourth-order valence-electron chi connectivity index (χ4n) is 4.38. The average molecular weight is 466 g/mol. The summed E-state index contributed by atoms with van der Waals surface area (Å²) in [4.78, 5) is 0. The van der Waals surface area contributed by atoms with Crippen LogP contribution in [0.5, 0.6) is 5.75 Å². The molecule has 1 aliphatic heterocycles. The number of thioether (sulfide) groups is 1. The van der Waals surface area contributed by atoms with Gasteiger partial charge in [-0.05, 0) is 73.6 Å². The van der Waals surface area contributed by atoms with Crippen LogP contribution < -0.4 is 10.5 Å². The number of halogens is 1. The van der Waals surface area contributed by atoms with Crippen molar-refractivity contribution < 1.29 is 4.74 Å². The smallest absolute Gasteiger partial charge is 0.151 e. The molecule has 1 spiro atoms. The van der Waals surface area contributed by atoms with Crippen LogP contribution in [0.4, 0.5) is 0 Å². The van der Waals surface area contributed by atoms with E-state index in [9.17, 15) is 0 Å². The minimum Gasteiger partial charge on any atom is -0.486 e. The molecule has 1 heterocycles. The topological polar surface area (TPSA) is 59.1 Å². The van der Waals surface area contributed by atoms with Crippen molar-refractivity contribution in [3.05, 3.63) is 34.3 Å². The number of hydrogen-bond acceptors (Lipinski definition) is 3. The highest BCUT2D eigenvalue weighted by Gasteiger charge is 2.41. The maximum atomic E-state index is 7.46. The van der Waals surface area contributed by atoms with Gasteiger partial charge in [-0.25, -0.2) is 0 Å². The van der Waals surface area contributed by atoms with E-state index < -0.39 is 0 Å². The van der Waals surface area contributed by atoms with Gasteiger partial charge >= 0.3 is 0 Å². The van der Waals surface area contributed by atoms with Gasteiger partial charge in [-0.15, -0.1) is 0 Å². The molecular formula is C23H33BrN2OS. The second-order valence-electron chi connectivity index (χ2n) is 9.55. The SMILES string of the molecule is CC(C)(C)CCC1CCC2(CC1)CC(=CCSC(=N)N)c1cc(Br)ccc1O2. The van der Waals surface area contributed by atoms with E-state index in [2.05, 4.69) is 61.0 Å². The summed E-state index contributed by atoms with van der Waals surface area (Å²) in [6, 6.07) is 6.31. The molecule has 0 radical (unpaired) electrons. The zero-order chi connectivity index (χ0) is 20.4. The summed E-state index contributed by atoms with van der Waals surface area (Å²) in [6.45, 7) is 7.02. The number of hydrogen-bond donors (Lipinski definition) is 2. The maximum absolute atomic E-state index is 7.46. The number of amidine groups is 1. The molecule has 1 saturated carbocycles. The van der Waals surface area contributed by atoms with Crippen LogP contribution in [-0.4, -0.2) is 16.5 Å². The molecule has 1 aliphatic carbocycles. The summed E-state index contributed by atoms with van der Waals surface area (Å²) in [5, 5.41) is 7.64. The third-order valence-corrected chi connectivity index (χ3v) is 7.15. The summed E-state index contributed by atoms with van der Waals surface area (Å²) >= 11 is 4.98. The van der Waals surface area contributed by atoms with Gasteiger partial charge in [-0.3, -0.25) is 5.41 Å². The van der Waals surface area contributed by atoms with Crippen LogP contribution in [-0.2, 0) is 0 Å². The van der Waals surface area contributed by atoms with Crippen molar-refractivity contribution in [3.63, 3.8) is 0 Å². The van der Waals surface area contributed by atoms with Crippen LogP contribution in [0.1, 0.15) is 71.3 Å². The van der Waals surface area contributed by atoms with Gasteiger partial charge < -0.3 is 10.5 Å². The standard InChI is InChI=1S/C23H33BrN2OS/c1-22(2,3)10-6-16-7-11-23(12-8-16)15-17(9-13-28-21(25)26)19-14-18(24)4-5-20(19)27-23/h4-5,9,14,16H,6-8,10-13,15H2,1-3H3,(H3,25,26). The number of nitrogens with two attached hydrogens (primary N) is 1. The van der Waals surface area contributed by atoms with E-state index in [1.807, 2.05) is 0 Å². The molecule has 5 heteroatoms. The molecule has 0 aromatic heterocycles. The zero-order valence-electron chi connectivity index (χ0n) is 17.3. The third kappa shape index (κ3) is 5.79. The Morgan fingerprint density at radius 1 is 1.36 bits per heavy atom. The van der Waals surface area contributed by atoms with Crippen molar-refractivity contribution in [2.45, 2.75) is 71.3 Å². The van der Waals surface area contributed by atoms with Crippen molar-refractivity contribution in [2.24, 2.45) is 17.1 Å². The highest BCUT2D eigenvalue weighted by molar-refractivity contribution is 9.10. The van der Waals surface area contributed by atoms with Crippen LogP contribution >= 0.6 is 27.7 Å². The first-order valence-corrected chi connectivity index (χ1v) is 12.1. The number of fused-ring (bicyclic) bond motifs is 1. The average Bonchev–Trinajstić information content (AvgIpc) is 2.61. The fraction of sp³-hybridized carbons (Fsp3) is 0.609. The molecule has 3 rings (SSSR count). The molecule has 0 bridgehead atoms. The lowest BCUT2D eigenvalue weighted by Crippen LogP contribution is -2.42. The summed E-state index contributed by atoms with van der Waals surface area (Å²) in [6.07, 6.45) is 10.6. The largest absolute Gasteiger partial charge is 0.486 e. The molecule has 28 heavy (non-hydrogen) atoms. The number of benzene rings is 1. The Bertz CT molecular complexity index is 745. The Hall–Kier alpha value is -0.940. The van der Waals surface area contributed by atoms with Crippen molar-refractivity contribution >= 4 is 38.4 Å². The van der Waals surface area contributed by atoms with Crippen molar-refractivity contribution in [1.82, 2.24) is 0 Å². The Labute approximate surface area is 182 Å². The van der Waals surface area contributed by atoms with E-state index in [0.29, 0.717) is 5.41 Å². The van der Waals surface area contributed by atoms with Gasteiger partial charge in [0.25, 0.3) is 0 Å². The second-order valence-corrected chi connectivity index (χ2v) is 11.5. The van der Waals surface area contributed by atoms with Crippen LogP contribution in [0.25, 0.3) is 5.57 Å². The van der Waals surface area contributed by atoms with E-state index in [0.717, 1.165) is 41.2 Å². The molecule has 0 amide bonds. The van der Waals surface area contributed by atoms with Gasteiger partial charge in [0, 0.05) is 22.2 Å². The Morgan fingerprint density at radius 3 is 2.71 bits per heavy atom.